The second kappa shape index (κ2) is 6.58. The Bertz CT molecular complexity index is 560. The number of ether oxygens (including phenoxy) is 2. The van der Waals surface area contributed by atoms with E-state index in [-0.39, 0.29) is 13.2 Å². The van der Waals surface area contributed by atoms with E-state index in [4.69, 9.17) is 25.5 Å². The molecule has 108 valence electrons. The van der Waals surface area contributed by atoms with E-state index in [0.717, 1.165) is 0 Å². The highest BCUT2D eigenvalue weighted by atomic mass is 35.5. The molecule has 0 bridgehead atoms. The summed E-state index contributed by atoms with van der Waals surface area (Å²) < 4.78 is 16.2. The topological polar surface area (TPSA) is 77.6 Å². The molecule has 0 saturated heterocycles. The van der Waals surface area contributed by atoms with Crippen LogP contribution < -0.4 is 9.47 Å². The maximum Gasteiger partial charge on any atom is 0.253 e. The predicted octanol–water partition coefficient (Wildman–Crippen LogP) is 2.37. The van der Waals surface area contributed by atoms with Gasteiger partial charge in [0, 0.05) is 23.1 Å². The molecule has 0 saturated carbocycles. The van der Waals surface area contributed by atoms with Crippen LogP contribution in [0.15, 0.2) is 16.5 Å². The summed E-state index contributed by atoms with van der Waals surface area (Å²) in [7, 11) is 1.50. The summed E-state index contributed by atoms with van der Waals surface area (Å²) in [4.78, 5) is 0. The Morgan fingerprint density at radius 3 is 2.65 bits per heavy atom. The number of benzene rings is 1. The van der Waals surface area contributed by atoms with Crippen molar-refractivity contribution in [2.45, 2.75) is 26.6 Å². The van der Waals surface area contributed by atoms with E-state index in [1.807, 2.05) is 6.92 Å². The molecule has 0 fully saturated rings. The summed E-state index contributed by atoms with van der Waals surface area (Å²) in [5.74, 6) is 1.77. The standard InChI is InChI=1S/C13H15ClN2O4/c1-3-11-15-16-12(20-11)7-19-13-8(6-17)4-9(14)5-10(13)18-2/h4-5,17H,3,6-7H2,1-2H3. The van der Waals surface area contributed by atoms with Crippen molar-refractivity contribution in [1.82, 2.24) is 10.2 Å². The molecule has 0 amide bonds. The lowest BCUT2D eigenvalue weighted by Gasteiger charge is -2.13. The monoisotopic (exact) mass is 298 g/mol. The highest BCUT2D eigenvalue weighted by Crippen LogP contribution is 2.35. The van der Waals surface area contributed by atoms with Gasteiger partial charge in [-0.05, 0) is 6.07 Å². The van der Waals surface area contributed by atoms with Crippen molar-refractivity contribution in [3.8, 4) is 11.5 Å². The molecule has 0 aliphatic rings. The van der Waals surface area contributed by atoms with Crippen molar-refractivity contribution < 1.29 is 19.0 Å². The first-order valence-corrected chi connectivity index (χ1v) is 6.47. The van der Waals surface area contributed by atoms with Crippen LogP contribution >= 0.6 is 11.6 Å². The van der Waals surface area contributed by atoms with Crippen molar-refractivity contribution in [3.05, 3.63) is 34.5 Å². The van der Waals surface area contributed by atoms with Gasteiger partial charge < -0.3 is 19.0 Å². The smallest absolute Gasteiger partial charge is 0.253 e. The normalized spacial score (nSPS) is 10.6. The van der Waals surface area contributed by atoms with Crippen molar-refractivity contribution in [2.75, 3.05) is 7.11 Å². The summed E-state index contributed by atoms with van der Waals surface area (Å²) >= 11 is 5.93. The molecule has 2 rings (SSSR count). The number of aliphatic hydroxyl groups is 1. The van der Waals surface area contributed by atoms with Crippen LogP contribution in [0.5, 0.6) is 11.5 Å². The zero-order chi connectivity index (χ0) is 14.5. The van der Waals surface area contributed by atoms with Crippen LogP contribution in [0.25, 0.3) is 0 Å². The van der Waals surface area contributed by atoms with Crippen molar-refractivity contribution in [3.63, 3.8) is 0 Å². The molecule has 0 atom stereocenters. The van der Waals surface area contributed by atoms with E-state index >= 15 is 0 Å². The number of hydrogen-bond donors (Lipinski definition) is 1. The molecular formula is C13H15ClN2O4. The first-order valence-electron chi connectivity index (χ1n) is 6.09. The minimum Gasteiger partial charge on any atom is -0.493 e. The molecule has 0 unspecified atom stereocenters. The summed E-state index contributed by atoms with van der Waals surface area (Å²) in [5, 5.41) is 17.5. The third-order valence-electron chi connectivity index (χ3n) is 2.64. The number of methoxy groups -OCH3 is 1. The van der Waals surface area contributed by atoms with Gasteiger partial charge in [-0.25, -0.2) is 0 Å². The molecule has 1 aromatic heterocycles. The molecule has 7 heteroatoms. The molecule has 0 spiro atoms. The van der Waals surface area contributed by atoms with Gasteiger partial charge in [0.2, 0.25) is 5.89 Å². The van der Waals surface area contributed by atoms with E-state index in [0.29, 0.717) is 40.3 Å². The zero-order valence-corrected chi connectivity index (χ0v) is 12.0. The van der Waals surface area contributed by atoms with Crippen LogP contribution in [0.2, 0.25) is 5.02 Å². The largest absolute Gasteiger partial charge is 0.493 e. The second-order valence-corrected chi connectivity index (χ2v) is 4.42. The fourth-order valence-electron chi connectivity index (χ4n) is 1.68. The molecule has 2 aromatic rings. The average molecular weight is 299 g/mol. The summed E-state index contributed by atoms with van der Waals surface area (Å²) in [6.07, 6.45) is 0.666. The van der Waals surface area contributed by atoms with E-state index < -0.39 is 0 Å². The van der Waals surface area contributed by atoms with Crippen molar-refractivity contribution in [2.24, 2.45) is 0 Å². The van der Waals surface area contributed by atoms with E-state index in [2.05, 4.69) is 10.2 Å². The van der Waals surface area contributed by atoms with Crippen LogP contribution in [-0.2, 0) is 19.6 Å². The number of hydrogen-bond acceptors (Lipinski definition) is 6. The third kappa shape index (κ3) is 3.20. The highest BCUT2D eigenvalue weighted by Gasteiger charge is 2.14. The van der Waals surface area contributed by atoms with E-state index in [9.17, 15) is 5.11 Å². The summed E-state index contributed by atoms with van der Waals surface area (Å²) in [6, 6.07) is 3.23. The van der Waals surface area contributed by atoms with Gasteiger partial charge in [-0.15, -0.1) is 10.2 Å². The number of rotatable bonds is 6. The van der Waals surface area contributed by atoms with Gasteiger partial charge in [0.1, 0.15) is 0 Å². The van der Waals surface area contributed by atoms with E-state index in [1.54, 1.807) is 12.1 Å². The molecule has 0 radical (unpaired) electrons. The minimum atomic E-state index is -0.212. The number of aromatic nitrogens is 2. The van der Waals surface area contributed by atoms with Gasteiger partial charge in [0.15, 0.2) is 18.1 Å². The number of aryl methyl sites for hydroxylation is 1. The Balaban J connectivity index is 2.19. The van der Waals surface area contributed by atoms with E-state index in [1.165, 1.54) is 7.11 Å². The molecule has 1 aromatic carbocycles. The lowest BCUT2D eigenvalue weighted by molar-refractivity contribution is 0.229. The molecular weight excluding hydrogens is 284 g/mol. The Hall–Kier alpha value is -1.79. The number of nitrogens with zero attached hydrogens (tertiary/aromatic N) is 2. The van der Waals surface area contributed by atoms with Gasteiger partial charge >= 0.3 is 0 Å². The van der Waals surface area contributed by atoms with Crippen molar-refractivity contribution >= 4 is 11.6 Å². The van der Waals surface area contributed by atoms with Gasteiger partial charge in [-0.1, -0.05) is 18.5 Å². The van der Waals surface area contributed by atoms with Crippen LogP contribution in [-0.4, -0.2) is 22.4 Å². The maximum atomic E-state index is 9.36. The first kappa shape index (κ1) is 14.6. The third-order valence-corrected chi connectivity index (χ3v) is 2.86. The lowest BCUT2D eigenvalue weighted by Crippen LogP contribution is -2.01. The van der Waals surface area contributed by atoms with Crippen LogP contribution in [0.1, 0.15) is 24.3 Å². The molecule has 0 aliphatic heterocycles. The van der Waals surface area contributed by atoms with Gasteiger partial charge in [-0.2, -0.15) is 0 Å². The van der Waals surface area contributed by atoms with Crippen LogP contribution in [0.3, 0.4) is 0 Å². The van der Waals surface area contributed by atoms with Gasteiger partial charge in [0.05, 0.1) is 13.7 Å². The maximum absolute atomic E-state index is 9.36. The molecule has 1 heterocycles. The van der Waals surface area contributed by atoms with Crippen LogP contribution in [0, 0.1) is 0 Å². The fourth-order valence-corrected chi connectivity index (χ4v) is 1.91. The molecule has 0 aliphatic carbocycles. The number of aliphatic hydroxyl groups excluding tert-OH is 1. The molecule has 20 heavy (non-hydrogen) atoms. The summed E-state index contributed by atoms with van der Waals surface area (Å²) in [6.45, 7) is 1.80. The number of halogens is 1. The Morgan fingerprint density at radius 2 is 2.05 bits per heavy atom. The summed E-state index contributed by atoms with van der Waals surface area (Å²) in [5.41, 5.74) is 0.532. The fraction of sp³-hybridized carbons (Fsp3) is 0.385. The SMILES string of the molecule is CCc1nnc(COc2c(CO)cc(Cl)cc2OC)o1. The molecule has 6 nitrogen and oxygen atoms in total. The van der Waals surface area contributed by atoms with Gasteiger partial charge in [0.25, 0.3) is 5.89 Å². The molecule has 1 N–H and O–H groups in total. The Labute approximate surface area is 121 Å². The Kier molecular flexibility index (Phi) is 4.81. The second-order valence-electron chi connectivity index (χ2n) is 3.99. The minimum absolute atomic E-state index is 0.0952. The highest BCUT2D eigenvalue weighted by molar-refractivity contribution is 6.30. The first-order chi connectivity index (χ1) is 9.67. The average Bonchev–Trinajstić information content (AvgIpc) is 2.92. The lowest BCUT2D eigenvalue weighted by atomic mass is 10.2. The van der Waals surface area contributed by atoms with Crippen LogP contribution in [0.4, 0.5) is 0 Å². The van der Waals surface area contributed by atoms with Gasteiger partial charge in [-0.3, -0.25) is 0 Å². The zero-order valence-electron chi connectivity index (χ0n) is 11.2. The Morgan fingerprint density at radius 1 is 1.30 bits per heavy atom. The predicted molar refractivity (Wildman–Crippen MR) is 71.9 cm³/mol. The quantitative estimate of drug-likeness (QED) is 0.882. The van der Waals surface area contributed by atoms with Crippen molar-refractivity contribution in [1.29, 1.82) is 0 Å².